The second-order valence-electron chi connectivity index (χ2n) is 8.55. The molecule has 1 N–H and O–H groups in total. The standard InChI is InChI=1S/C27H32N2O5S/c1-19(2)23-8-6-7-9-24(23)29(35(5,31)32)18-20-10-13-22(14-11-20)27(30)28-17-21-12-15-25(33-3)26(16-21)34-4/h6-16,19H,17-18H2,1-5H3,(H,28,30). The topological polar surface area (TPSA) is 84.9 Å². The zero-order valence-electron chi connectivity index (χ0n) is 20.7. The van der Waals surface area contributed by atoms with Crippen LogP contribution in [0.2, 0.25) is 0 Å². The average molecular weight is 497 g/mol. The number of hydrogen-bond donors (Lipinski definition) is 1. The highest BCUT2D eigenvalue weighted by Crippen LogP contribution is 2.30. The number of carbonyl (C=O) groups excluding carboxylic acids is 1. The van der Waals surface area contributed by atoms with E-state index in [1.54, 1.807) is 44.6 Å². The third-order valence-electron chi connectivity index (χ3n) is 5.67. The van der Waals surface area contributed by atoms with Gasteiger partial charge in [0.1, 0.15) is 0 Å². The molecule has 0 aliphatic carbocycles. The highest BCUT2D eigenvalue weighted by Gasteiger charge is 2.21. The number of nitrogens with one attached hydrogen (secondary N) is 1. The first-order chi connectivity index (χ1) is 16.6. The Kier molecular flexibility index (Phi) is 8.40. The number of amides is 1. The summed E-state index contributed by atoms with van der Waals surface area (Å²) in [7, 11) is -0.380. The summed E-state index contributed by atoms with van der Waals surface area (Å²) in [6.45, 7) is 4.58. The molecule has 7 nitrogen and oxygen atoms in total. The number of benzene rings is 3. The lowest BCUT2D eigenvalue weighted by Gasteiger charge is -2.26. The Labute approximate surface area is 207 Å². The van der Waals surface area contributed by atoms with Crippen molar-refractivity contribution in [3.8, 4) is 11.5 Å². The zero-order chi connectivity index (χ0) is 25.6. The zero-order valence-corrected chi connectivity index (χ0v) is 21.6. The van der Waals surface area contributed by atoms with Crippen molar-refractivity contribution in [2.45, 2.75) is 32.9 Å². The number of nitrogens with zero attached hydrogens (tertiary/aromatic N) is 1. The van der Waals surface area contributed by atoms with Crippen molar-refractivity contribution >= 4 is 21.6 Å². The van der Waals surface area contributed by atoms with E-state index in [4.69, 9.17) is 9.47 Å². The summed E-state index contributed by atoms with van der Waals surface area (Å²) >= 11 is 0. The molecule has 0 saturated carbocycles. The molecule has 0 saturated heterocycles. The number of anilines is 1. The molecular weight excluding hydrogens is 464 g/mol. The minimum Gasteiger partial charge on any atom is -0.493 e. The smallest absolute Gasteiger partial charge is 0.251 e. The maximum absolute atomic E-state index is 12.7. The van der Waals surface area contributed by atoms with E-state index in [0.717, 1.165) is 16.7 Å². The van der Waals surface area contributed by atoms with Crippen molar-refractivity contribution in [1.82, 2.24) is 5.32 Å². The molecule has 8 heteroatoms. The third kappa shape index (κ3) is 6.54. The molecule has 0 unspecified atom stereocenters. The van der Waals surface area contributed by atoms with Gasteiger partial charge in [0, 0.05) is 12.1 Å². The predicted molar refractivity (Wildman–Crippen MR) is 139 cm³/mol. The lowest BCUT2D eigenvalue weighted by atomic mass is 10.0. The van der Waals surface area contributed by atoms with E-state index in [1.165, 1.54) is 10.6 Å². The molecular formula is C27H32N2O5S. The van der Waals surface area contributed by atoms with Gasteiger partial charge in [-0.1, -0.05) is 50.2 Å². The van der Waals surface area contributed by atoms with Gasteiger partial charge in [0.25, 0.3) is 5.91 Å². The van der Waals surface area contributed by atoms with Crippen LogP contribution in [0.25, 0.3) is 0 Å². The van der Waals surface area contributed by atoms with E-state index >= 15 is 0 Å². The van der Waals surface area contributed by atoms with Gasteiger partial charge in [-0.3, -0.25) is 9.10 Å². The Balaban J connectivity index is 1.72. The molecule has 0 heterocycles. The predicted octanol–water partition coefficient (Wildman–Crippen LogP) is 4.72. The first-order valence-electron chi connectivity index (χ1n) is 11.3. The Morgan fingerprint density at radius 2 is 1.54 bits per heavy atom. The van der Waals surface area contributed by atoms with Crippen molar-refractivity contribution < 1.29 is 22.7 Å². The second kappa shape index (κ2) is 11.3. The fourth-order valence-corrected chi connectivity index (χ4v) is 4.69. The largest absolute Gasteiger partial charge is 0.493 e. The third-order valence-corrected chi connectivity index (χ3v) is 6.80. The van der Waals surface area contributed by atoms with Gasteiger partial charge < -0.3 is 14.8 Å². The van der Waals surface area contributed by atoms with E-state index in [1.807, 2.05) is 50.2 Å². The molecule has 0 fully saturated rings. The van der Waals surface area contributed by atoms with Crippen LogP contribution in [0.5, 0.6) is 11.5 Å². The van der Waals surface area contributed by atoms with E-state index in [-0.39, 0.29) is 18.4 Å². The van der Waals surface area contributed by atoms with Crippen LogP contribution in [0, 0.1) is 0 Å². The fourth-order valence-electron chi connectivity index (χ4n) is 3.79. The lowest BCUT2D eigenvalue weighted by molar-refractivity contribution is 0.0951. The highest BCUT2D eigenvalue weighted by atomic mass is 32.2. The normalized spacial score (nSPS) is 11.3. The van der Waals surface area contributed by atoms with Crippen LogP contribution in [-0.4, -0.2) is 34.8 Å². The molecule has 0 spiro atoms. The molecule has 186 valence electrons. The van der Waals surface area contributed by atoms with Gasteiger partial charge in [-0.2, -0.15) is 0 Å². The molecule has 0 aliphatic heterocycles. The van der Waals surface area contributed by atoms with Crippen molar-refractivity contribution in [3.05, 3.63) is 89.0 Å². The van der Waals surface area contributed by atoms with Crippen LogP contribution in [0.15, 0.2) is 66.7 Å². The molecule has 3 aromatic rings. The van der Waals surface area contributed by atoms with E-state index in [9.17, 15) is 13.2 Å². The number of carbonyl (C=O) groups is 1. The van der Waals surface area contributed by atoms with Crippen molar-refractivity contribution in [2.75, 3.05) is 24.8 Å². The second-order valence-corrected chi connectivity index (χ2v) is 10.5. The quantitative estimate of drug-likeness (QED) is 0.439. The Morgan fingerprint density at radius 3 is 2.14 bits per heavy atom. The minimum absolute atomic E-state index is 0.173. The summed E-state index contributed by atoms with van der Waals surface area (Å²) in [5.41, 5.74) is 3.78. The van der Waals surface area contributed by atoms with Crippen LogP contribution in [0.1, 0.15) is 46.8 Å². The number of sulfonamides is 1. The molecule has 0 radical (unpaired) electrons. The highest BCUT2D eigenvalue weighted by molar-refractivity contribution is 7.92. The van der Waals surface area contributed by atoms with E-state index in [2.05, 4.69) is 5.32 Å². The summed E-state index contributed by atoms with van der Waals surface area (Å²) < 4.78 is 37.2. The van der Waals surface area contributed by atoms with Gasteiger partial charge in [-0.05, 0) is 52.9 Å². The molecule has 3 rings (SSSR count). The Hall–Kier alpha value is -3.52. The molecule has 0 bridgehead atoms. The van der Waals surface area contributed by atoms with Crippen molar-refractivity contribution in [3.63, 3.8) is 0 Å². The molecule has 1 amide bonds. The van der Waals surface area contributed by atoms with Gasteiger partial charge >= 0.3 is 0 Å². The number of para-hydroxylation sites is 1. The molecule has 0 aromatic heterocycles. The van der Waals surface area contributed by atoms with Gasteiger partial charge in [-0.15, -0.1) is 0 Å². The van der Waals surface area contributed by atoms with Crippen LogP contribution >= 0.6 is 0 Å². The van der Waals surface area contributed by atoms with Crippen LogP contribution in [-0.2, 0) is 23.1 Å². The van der Waals surface area contributed by atoms with Gasteiger partial charge in [0.05, 0.1) is 32.7 Å². The number of methoxy groups -OCH3 is 2. The SMILES string of the molecule is COc1ccc(CNC(=O)c2ccc(CN(c3ccccc3C(C)C)S(C)(=O)=O)cc2)cc1OC. The number of rotatable bonds is 10. The first kappa shape index (κ1) is 26.1. The van der Waals surface area contributed by atoms with Gasteiger partial charge in [0.15, 0.2) is 11.5 Å². The molecule has 35 heavy (non-hydrogen) atoms. The lowest BCUT2D eigenvalue weighted by Crippen LogP contribution is -2.30. The van der Waals surface area contributed by atoms with Gasteiger partial charge in [0.2, 0.25) is 10.0 Å². The Morgan fingerprint density at radius 1 is 0.914 bits per heavy atom. The van der Waals surface area contributed by atoms with Crippen LogP contribution < -0.4 is 19.1 Å². The van der Waals surface area contributed by atoms with Crippen LogP contribution in [0.3, 0.4) is 0 Å². The number of hydrogen-bond acceptors (Lipinski definition) is 5. The average Bonchev–Trinajstić information content (AvgIpc) is 2.85. The number of ether oxygens (including phenoxy) is 2. The van der Waals surface area contributed by atoms with E-state index in [0.29, 0.717) is 29.3 Å². The maximum atomic E-state index is 12.7. The summed E-state index contributed by atoms with van der Waals surface area (Å²) in [4.78, 5) is 12.7. The molecule has 0 atom stereocenters. The van der Waals surface area contributed by atoms with E-state index < -0.39 is 10.0 Å². The minimum atomic E-state index is -3.51. The molecule has 3 aromatic carbocycles. The summed E-state index contributed by atoms with van der Waals surface area (Å²) in [6.07, 6.45) is 1.21. The first-order valence-corrected chi connectivity index (χ1v) is 13.1. The summed E-state index contributed by atoms with van der Waals surface area (Å²) in [5, 5.41) is 2.89. The fraction of sp³-hybridized carbons (Fsp3) is 0.296. The summed E-state index contributed by atoms with van der Waals surface area (Å²) in [5.74, 6) is 1.17. The molecule has 0 aliphatic rings. The maximum Gasteiger partial charge on any atom is 0.251 e. The summed E-state index contributed by atoms with van der Waals surface area (Å²) in [6, 6.07) is 20.0. The monoisotopic (exact) mass is 496 g/mol. The van der Waals surface area contributed by atoms with Gasteiger partial charge in [-0.25, -0.2) is 8.42 Å². The van der Waals surface area contributed by atoms with Crippen LogP contribution in [0.4, 0.5) is 5.69 Å². The van der Waals surface area contributed by atoms with Crippen molar-refractivity contribution in [1.29, 1.82) is 0 Å². The van der Waals surface area contributed by atoms with Crippen molar-refractivity contribution in [2.24, 2.45) is 0 Å². The Bertz CT molecular complexity index is 1270.